The molecule has 0 amide bonds. The molecule has 4 rings (SSSR count). The van der Waals surface area contributed by atoms with Gasteiger partial charge in [0.15, 0.2) is 17.7 Å². The van der Waals surface area contributed by atoms with Gasteiger partial charge >= 0.3 is 0 Å². The molecule has 1 heterocycles. The number of benzene rings is 3. The summed E-state index contributed by atoms with van der Waals surface area (Å²) in [4.78, 5) is 26.9. The maximum absolute atomic E-state index is 13.9. The minimum absolute atomic E-state index is 0.0574. The van der Waals surface area contributed by atoms with E-state index < -0.39 is 18.0 Å². The highest BCUT2D eigenvalue weighted by Gasteiger charge is 2.46. The number of ether oxygens (including phenoxy) is 5. The number of ketones is 2. The minimum Gasteiger partial charge on any atom is -0.496 e. The Morgan fingerprint density at radius 2 is 1.46 bits per heavy atom. The van der Waals surface area contributed by atoms with Gasteiger partial charge in [-0.2, -0.15) is 0 Å². The van der Waals surface area contributed by atoms with Crippen molar-refractivity contribution in [3.63, 3.8) is 0 Å². The first-order valence-electron chi connectivity index (χ1n) is 14.2. The highest BCUT2D eigenvalue weighted by atomic mass is 16.8. The second kappa shape index (κ2) is 15.0. The van der Waals surface area contributed by atoms with Gasteiger partial charge < -0.3 is 23.7 Å². The zero-order valence-corrected chi connectivity index (χ0v) is 24.2. The van der Waals surface area contributed by atoms with Crippen LogP contribution in [-0.2, 0) is 43.4 Å². The largest absolute Gasteiger partial charge is 0.496 e. The fourth-order valence-electron chi connectivity index (χ4n) is 4.95. The molecule has 0 radical (unpaired) electrons. The van der Waals surface area contributed by atoms with Crippen molar-refractivity contribution >= 4 is 11.6 Å². The second-order valence-corrected chi connectivity index (χ2v) is 10.7. The van der Waals surface area contributed by atoms with E-state index in [2.05, 4.69) is 0 Å². The van der Waals surface area contributed by atoms with E-state index in [0.29, 0.717) is 43.1 Å². The van der Waals surface area contributed by atoms with Gasteiger partial charge in [0.1, 0.15) is 17.6 Å². The molecule has 1 aliphatic rings. The summed E-state index contributed by atoms with van der Waals surface area (Å²) < 4.78 is 29.3. The number of carbonyl (C=O) groups excluding carboxylic acids is 2. The number of carbonyl (C=O) groups is 2. The molecule has 0 aliphatic carbocycles. The lowest BCUT2D eigenvalue weighted by atomic mass is 9.93. The highest BCUT2D eigenvalue weighted by molar-refractivity contribution is 6.04. The minimum atomic E-state index is -0.957. The summed E-state index contributed by atoms with van der Waals surface area (Å²) in [6.45, 7) is 5.29. The van der Waals surface area contributed by atoms with E-state index in [1.54, 1.807) is 32.0 Å². The van der Waals surface area contributed by atoms with Crippen LogP contribution in [0.1, 0.15) is 60.2 Å². The number of Topliss-reactive ketones (excluding diaryl/α,β-unsaturated/α-hetero) is 2. The Kier molecular flexibility index (Phi) is 11.2. The normalized spacial score (nSPS) is 17.8. The first-order chi connectivity index (χ1) is 19.9. The van der Waals surface area contributed by atoms with Crippen molar-refractivity contribution in [2.45, 2.75) is 70.7 Å². The van der Waals surface area contributed by atoms with Gasteiger partial charge in [0, 0.05) is 19.4 Å². The van der Waals surface area contributed by atoms with Crippen molar-refractivity contribution in [3.05, 3.63) is 101 Å². The van der Waals surface area contributed by atoms with E-state index in [-0.39, 0.29) is 24.6 Å². The van der Waals surface area contributed by atoms with Crippen LogP contribution in [0.2, 0.25) is 0 Å². The molecule has 1 saturated heterocycles. The molecule has 0 N–H and O–H groups in total. The van der Waals surface area contributed by atoms with E-state index in [0.717, 1.165) is 24.0 Å². The molecule has 0 spiro atoms. The number of hydrogen-bond acceptors (Lipinski definition) is 7. The molecule has 0 saturated carbocycles. The number of unbranched alkanes of at least 4 members (excludes halogenated alkanes) is 1. The molecular formula is C34H40O7. The van der Waals surface area contributed by atoms with Crippen LogP contribution in [-0.4, -0.2) is 49.9 Å². The van der Waals surface area contributed by atoms with Gasteiger partial charge in [0.2, 0.25) is 0 Å². The lowest BCUT2D eigenvalue weighted by molar-refractivity contribution is -0.149. The molecule has 218 valence electrons. The molecule has 0 unspecified atom stereocenters. The van der Waals surface area contributed by atoms with Gasteiger partial charge in [-0.05, 0) is 49.4 Å². The Balaban J connectivity index is 1.35. The molecule has 41 heavy (non-hydrogen) atoms. The van der Waals surface area contributed by atoms with Crippen LogP contribution >= 0.6 is 0 Å². The smallest absolute Gasteiger partial charge is 0.198 e. The molecule has 1 fully saturated rings. The summed E-state index contributed by atoms with van der Waals surface area (Å²) in [5.41, 5.74) is 3.14. The Morgan fingerprint density at radius 1 is 0.805 bits per heavy atom. The van der Waals surface area contributed by atoms with Crippen LogP contribution < -0.4 is 4.74 Å². The summed E-state index contributed by atoms with van der Waals surface area (Å²) >= 11 is 0. The molecule has 7 nitrogen and oxygen atoms in total. The summed E-state index contributed by atoms with van der Waals surface area (Å²) in [6.07, 6.45) is 0.546. The summed E-state index contributed by atoms with van der Waals surface area (Å²) in [5, 5.41) is 0. The van der Waals surface area contributed by atoms with Crippen LogP contribution in [0.25, 0.3) is 0 Å². The van der Waals surface area contributed by atoms with E-state index in [4.69, 9.17) is 23.7 Å². The quantitative estimate of drug-likeness (QED) is 0.154. The van der Waals surface area contributed by atoms with Crippen molar-refractivity contribution in [1.29, 1.82) is 0 Å². The maximum Gasteiger partial charge on any atom is 0.198 e. The van der Waals surface area contributed by atoms with Crippen molar-refractivity contribution in [3.8, 4) is 5.75 Å². The predicted molar refractivity (Wildman–Crippen MR) is 156 cm³/mol. The van der Waals surface area contributed by atoms with E-state index >= 15 is 0 Å². The van der Waals surface area contributed by atoms with Gasteiger partial charge in [0.05, 0.1) is 32.5 Å². The molecule has 0 aromatic heterocycles. The number of hydrogen-bond donors (Lipinski definition) is 0. The maximum atomic E-state index is 13.9. The Labute approximate surface area is 242 Å². The third kappa shape index (κ3) is 9.07. The third-order valence-electron chi connectivity index (χ3n) is 6.91. The van der Waals surface area contributed by atoms with E-state index in [1.165, 1.54) is 7.11 Å². The SMILES string of the molecule is COc1cccc(CC(=O)CCCCOCc2ccccc2)c1C(=O)[C@H]1OC(C)(C)O[C@@H]1COCc1ccccc1. The third-order valence-corrected chi connectivity index (χ3v) is 6.91. The average Bonchev–Trinajstić information content (AvgIpc) is 3.29. The lowest BCUT2D eigenvalue weighted by Crippen LogP contribution is -2.35. The predicted octanol–water partition coefficient (Wildman–Crippen LogP) is 6.11. The highest BCUT2D eigenvalue weighted by Crippen LogP contribution is 2.34. The first kappa shape index (κ1) is 30.6. The lowest BCUT2D eigenvalue weighted by Gasteiger charge is -2.19. The van der Waals surface area contributed by atoms with Crippen molar-refractivity contribution in [2.24, 2.45) is 0 Å². The monoisotopic (exact) mass is 560 g/mol. The fourth-order valence-corrected chi connectivity index (χ4v) is 4.95. The molecule has 7 heteroatoms. The topological polar surface area (TPSA) is 80.3 Å². The second-order valence-electron chi connectivity index (χ2n) is 10.7. The van der Waals surface area contributed by atoms with Gasteiger partial charge in [-0.15, -0.1) is 0 Å². The van der Waals surface area contributed by atoms with Gasteiger partial charge in [0.25, 0.3) is 0 Å². The van der Waals surface area contributed by atoms with Crippen molar-refractivity contribution in [2.75, 3.05) is 20.3 Å². The van der Waals surface area contributed by atoms with Crippen LogP contribution in [0.5, 0.6) is 5.75 Å². The Bertz CT molecular complexity index is 1260. The molecule has 2 atom stereocenters. The van der Waals surface area contributed by atoms with Crippen molar-refractivity contribution < 1.29 is 33.3 Å². The van der Waals surface area contributed by atoms with Gasteiger partial charge in [-0.3, -0.25) is 9.59 Å². The molecular weight excluding hydrogens is 520 g/mol. The summed E-state index contributed by atoms with van der Waals surface area (Å²) in [7, 11) is 1.52. The number of methoxy groups -OCH3 is 1. The van der Waals surface area contributed by atoms with Crippen molar-refractivity contribution in [1.82, 2.24) is 0 Å². The standard InChI is InChI=1S/C34H40O7/c1-34(2)40-30(24-39-23-26-15-8-5-9-16-26)33(41-34)32(36)31-27(17-12-19-29(31)37-3)21-28(35)18-10-11-20-38-22-25-13-6-4-7-14-25/h4-9,12-17,19,30,33H,10-11,18,20-24H2,1-3H3/t30-,33+/m1/s1. The van der Waals surface area contributed by atoms with E-state index in [1.807, 2.05) is 60.7 Å². The Hall–Kier alpha value is -3.36. The zero-order valence-electron chi connectivity index (χ0n) is 24.2. The van der Waals surface area contributed by atoms with Gasteiger partial charge in [-0.25, -0.2) is 0 Å². The van der Waals surface area contributed by atoms with Crippen LogP contribution in [0.15, 0.2) is 78.9 Å². The molecule has 3 aromatic carbocycles. The molecule has 3 aromatic rings. The van der Waals surface area contributed by atoms with Crippen LogP contribution in [0.3, 0.4) is 0 Å². The fraction of sp³-hybridized carbons (Fsp3) is 0.412. The zero-order chi connectivity index (χ0) is 29.1. The van der Waals surface area contributed by atoms with E-state index in [9.17, 15) is 9.59 Å². The summed E-state index contributed by atoms with van der Waals surface area (Å²) in [6, 6.07) is 25.2. The average molecular weight is 561 g/mol. The van der Waals surface area contributed by atoms with Gasteiger partial charge in [-0.1, -0.05) is 72.8 Å². The summed E-state index contributed by atoms with van der Waals surface area (Å²) in [5.74, 6) is -0.769. The molecule has 0 bridgehead atoms. The molecule has 1 aliphatic heterocycles. The first-order valence-corrected chi connectivity index (χ1v) is 14.2. The van der Waals surface area contributed by atoms with Crippen LogP contribution in [0, 0.1) is 0 Å². The number of rotatable bonds is 16. The Morgan fingerprint density at radius 3 is 2.12 bits per heavy atom. The van der Waals surface area contributed by atoms with Crippen LogP contribution in [0.4, 0.5) is 0 Å².